The molecule has 3 amide bonds. The fourth-order valence-corrected chi connectivity index (χ4v) is 6.94. The predicted molar refractivity (Wildman–Crippen MR) is 213 cm³/mol. The number of hydrogen-bond acceptors (Lipinski definition) is 6. The zero-order valence-electron chi connectivity index (χ0n) is 31.2. The number of hydrazone groups is 1. The van der Waals surface area contributed by atoms with E-state index in [1.165, 1.54) is 17.7 Å². The van der Waals surface area contributed by atoms with Crippen LogP contribution < -0.4 is 20.4 Å². The molecule has 0 radical (unpaired) electrons. The van der Waals surface area contributed by atoms with E-state index in [1.54, 1.807) is 37.4 Å². The van der Waals surface area contributed by atoms with Crippen LogP contribution in [-0.4, -0.2) is 39.9 Å². The molecule has 4 aromatic rings. The third-order valence-electron chi connectivity index (χ3n) is 10.1. The van der Waals surface area contributed by atoms with Crippen molar-refractivity contribution in [3.8, 4) is 5.75 Å². The first-order valence-corrected chi connectivity index (χ1v) is 18.7. The number of carbonyl (C=O) groups excluding carboxylic acids is 3. The highest BCUT2D eigenvalue weighted by molar-refractivity contribution is 6.43. The van der Waals surface area contributed by atoms with E-state index in [1.807, 2.05) is 13.0 Å². The number of aromatic amines is 1. The van der Waals surface area contributed by atoms with Crippen LogP contribution in [0.1, 0.15) is 106 Å². The van der Waals surface area contributed by atoms with Crippen LogP contribution in [0, 0.1) is 6.92 Å². The average Bonchev–Trinajstić information content (AvgIpc) is 3.67. The van der Waals surface area contributed by atoms with Crippen molar-refractivity contribution in [2.24, 2.45) is 5.10 Å². The minimum atomic E-state index is -1.04. The van der Waals surface area contributed by atoms with Crippen LogP contribution >= 0.6 is 34.8 Å². The Morgan fingerprint density at radius 3 is 2.23 bits per heavy atom. The molecule has 1 aromatic heterocycles. The van der Waals surface area contributed by atoms with Crippen molar-refractivity contribution in [3.63, 3.8) is 0 Å². The molecule has 53 heavy (non-hydrogen) atoms. The standard InChI is InChI=1S/C40H45Cl3N6O4/c1-9-30(53-31-16-15-24(39(5,6)10-2)18-27(31)40(7,8)11-3)37(51)45-26-14-12-13-23(17-26)36(50)46-35-32(33-22(4)21-44-47-33)38(52)49(48-35)34-28(42)19-25(41)20-29(34)43/h12-21,30,32H,9-11H2,1-8H3,(H,44,47)(H,45,51)(H,46,48,50). The normalized spacial score (nSPS) is 15.3. The lowest BCUT2D eigenvalue weighted by Crippen LogP contribution is -2.36. The van der Waals surface area contributed by atoms with Gasteiger partial charge in [-0.25, -0.2) is 0 Å². The number of amidine groups is 1. The minimum Gasteiger partial charge on any atom is -0.480 e. The van der Waals surface area contributed by atoms with Crippen LogP contribution in [0.5, 0.6) is 5.75 Å². The molecule has 0 bridgehead atoms. The fourth-order valence-electron chi connectivity index (χ4n) is 5.96. The topological polar surface area (TPSA) is 129 Å². The summed E-state index contributed by atoms with van der Waals surface area (Å²) in [6.07, 6.45) is 3.07. The Hall–Kier alpha value is -4.38. The first kappa shape index (κ1) is 39.8. The van der Waals surface area contributed by atoms with Gasteiger partial charge in [0.05, 0.1) is 21.9 Å². The molecule has 3 N–H and O–H groups in total. The van der Waals surface area contributed by atoms with Crippen molar-refractivity contribution in [3.05, 3.63) is 104 Å². The number of anilines is 2. The molecule has 0 spiro atoms. The summed E-state index contributed by atoms with van der Waals surface area (Å²) in [5.74, 6) is -1.76. The predicted octanol–water partition coefficient (Wildman–Crippen LogP) is 9.72. The van der Waals surface area contributed by atoms with Gasteiger partial charge >= 0.3 is 0 Å². The summed E-state index contributed by atoms with van der Waals surface area (Å²) < 4.78 is 6.44. The van der Waals surface area contributed by atoms with Crippen molar-refractivity contribution < 1.29 is 19.1 Å². The third-order valence-corrected chi connectivity index (χ3v) is 10.9. The van der Waals surface area contributed by atoms with Crippen LogP contribution in [0.15, 0.2) is 65.9 Å². The molecule has 0 saturated carbocycles. The lowest BCUT2D eigenvalue weighted by atomic mass is 9.76. The van der Waals surface area contributed by atoms with Gasteiger partial charge in [-0.15, -0.1) is 0 Å². The SMILES string of the molecule is CCC(Oc1ccc(C(C)(C)CC)cc1C(C)(C)CC)C(=O)Nc1cccc(C(=O)NC2=NN(c3c(Cl)cc(Cl)cc3Cl)C(=O)C2c2[nH]ncc2C)c1. The Bertz CT molecular complexity index is 2050. The number of amides is 3. The van der Waals surface area contributed by atoms with Crippen molar-refractivity contribution in [2.45, 2.75) is 97.5 Å². The van der Waals surface area contributed by atoms with Crippen LogP contribution in [0.2, 0.25) is 15.1 Å². The van der Waals surface area contributed by atoms with E-state index in [4.69, 9.17) is 39.5 Å². The van der Waals surface area contributed by atoms with Crippen LogP contribution in [0.3, 0.4) is 0 Å². The Balaban J connectivity index is 1.38. The van der Waals surface area contributed by atoms with Gasteiger partial charge < -0.3 is 15.4 Å². The average molecular weight is 780 g/mol. The van der Waals surface area contributed by atoms with E-state index in [2.05, 4.69) is 79.6 Å². The Morgan fingerprint density at radius 2 is 1.62 bits per heavy atom. The first-order valence-electron chi connectivity index (χ1n) is 17.6. The van der Waals surface area contributed by atoms with Crippen molar-refractivity contribution in [2.75, 3.05) is 10.3 Å². The summed E-state index contributed by atoms with van der Waals surface area (Å²) >= 11 is 19.0. The summed E-state index contributed by atoms with van der Waals surface area (Å²) in [5.41, 5.74) is 3.95. The molecule has 0 fully saturated rings. The van der Waals surface area contributed by atoms with E-state index in [0.717, 1.165) is 23.4 Å². The smallest absolute Gasteiger partial charge is 0.265 e. The van der Waals surface area contributed by atoms with E-state index in [-0.39, 0.29) is 48.9 Å². The zero-order valence-corrected chi connectivity index (χ0v) is 33.4. The number of carbonyl (C=O) groups is 3. The number of nitrogens with zero attached hydrogens (tertiary/aromatic N) is 3. The molecule has 5 rings (SSSR count). The first-order chi connectivity index (χ1) is 25.0. The maximum Gasteiger partial charge on any atom is 0.265 e. The third kappa shape index (κ3) is 8.40. The summed E-state index contributed by atoms with van der Waals surface area (Å²) in [7, 11) is 0. The van der Waals surface area contributed by atoms with Gasteiger partial charge in [0, 0.05) is 21.8 Å². The number of rotatable bonds is 12. The number of H-pyrrole nitrogens is 1. The lowest BCUT2D eigenvalue weighted by Gasteiger charge is -2.31. The monoisotopic (exact) mass is 778 g/mol. The van der Waals surface area contributed by atoms with Gasteiger partial charge in [0.15, 0.2) is 6.10 Å². The number of nitrogens with one attached hydrogen (secondary N) is 3. The van der Waals surface area contributed by atoms with Gasteiger partial charge in [-0.3, -0.25) is 19.5 Å². The molecular weight excluding hydrogens is 735 g/mol. The second-order valence-electron chi connectivity index (χ2n) is 14.5. The van der Waals surface area contributed by atoms with Crippen molar-refractivity contribution >= 4 is 69.7 Å². The zero-order chi connectivity index (χ0) is 38.8. The van der Waals surface area contributed by atoms with Gasteiger partial charge in [-0.2, -0.15) is 15.2 Å². The Kier molecular flexibility index (Phi) is 12.0. The van der Waals surface area contributed by atoms with E-state index in [0.29, 0.717) is 29.1 Å². The molecule has 0 saturated heterocycles. The lowest BCUT2D eigenvalue weighted by molar-refractivity contribution is -0.123. The number of ether oxygens (including phenoxy) is 1. The molecule has 10 nitrogen and oxygen atoms in total. The number of aryl methyl sites for hydroxylation is 1. The number of aromatic nitrogens is 2. The van der Waals surface area contributed by atoms with Gasteiger partial charge in [0.2, 0.25) is 0 Å². The van der Waals surface area contributed by atoms with E-state index in [9.17, 15) is 14.4 Å². The van der Waals surface area contributed by atoms with Gasteiger partial charge in [0.1, 0.15) is 23.2 Å². The largest absolute Gasteiger partial charge is 0.480 e. The van der Waals surface area contributed by atoms with E-state index < -0.39 is 23.8 Å². The molecule has 2 atom stereocenters. The molecule has 13 heteroatoms. The Morgan fingerprint density at radius 1 is 0.943 bits per heavy atom. The second kappa shape index (κ2) is 15.9. The fraction of sp³-hybridized carbons (Fsp3) is 0.375. The molecule has 280 valence electrons. The highest BCUT2D eigenvalue weighted by Crippen LogP contribution is 2.41. The van der Waals surface area contributed by atoms with E-state index >= 15 is 0 Å². The highest BCUT2D eigenvalue weighted by Gasteiger charge is 2.42. The van der Waals surface area contributed by atoms with Crippen molar-refractivity contribution in [1.82, 2.24) is 15.5 Å². The second-order valence-corrected chi connectivity index (χ2v) is 15.7. The molecular formula is C40H45Cl3N6O4. The highest BCUT2D eigenvalue weighted by atomic mass is 35.5. The van der Waals surface area contributed by atoms with Crippen molar-refractivity contribution in [1.29, 1.82) is 0 Å². The maximum absolute atomic E-state index is 13.8. The summed E-state index contributed by atoms with van der Waals surface area (Å²) in [6.45, 7) is 16.8. The van der Waals surface area contributed by atoms with Gasteiger partial charge in [0.25, 0.3) is 17.7 Å². The molecule has 1 aliphatic heterocycles. The molecule has 1 aliphatic rings. The van der Waals surface area contributed by atoms with Gasteiger partial charge in [-0.1, -0.05) is 101 Å². The number of hydrogen-bond donors (Lipinski definition) is 3. The van der Waals surface area contributed by atoms with Crippen LogP contribution in [-0.2, 0) is 20.4 Å². The van der Waals surface area contributed by atoms with Crippen LogP contribution in [0.25, 0.3) is 0 Å². The summed E-state index contributed by atoms with van der Waals surface area (Å²) in [6, 6.07) is 15.7. The Labute approximate surface area is 325 Å². The quantitative estimate of drug-likeness (QED) is 0.132. The molecule has 0 aliphatic carbocycles. The molecule has 3 aromatic carbocycles. The molecule has 2 heterocycles. The maximum atomic E-state index is 13.8. The molecule has 2 unspecified atom stereocenters. The number of halogens is 3. The summed E-state index contributed by atoms with van der Waals surface area (Å²) in [5, 5.41) is 18.6. The summed E-state index contributed by atoms with van der Waals surface area (Å²) in [4.78, 5) is 41.2. The number of benzene rings is 3. The van der Waals surface area contributed by atoms with Gasteiger partial charge in [-0.05, 0) is 84.5 Å². The minimum absolute atomic E-state index is 0.00764. The van der Waals surface area contributed by atoms with Crippen LogP contribution in [0.4, 0.5) is 11.4 Å².